The molecule has 0 spiro atoms. The van der Waals surface area contributed by atoms with Crippen LogP contribution < -0.4 is 0 Å². The minimum atomic E-state index is -1.03. The molecule has 2 rings (SSSR count). The molecule has 0 bridgehead atoms. The van der Waals surface area contributed by atoms with E-state index in [0.29, 0.717) is 0 Å². The molecule has 10 heteroatoms. The van der Waals surface area contributed by atoms with Gasteiger partial charge in [0.15, 0.2) is 23.0 Å². The van der Waals surface area contributed by atoms with E-state index in [2.05, 4.69) is 0 Å². The van der Waals surface area contributed by atoms with E-state index >= 15 is 0 Å². The summed E-state index contributed by atoms with van der Waals surface area (Å²) in [6.07, 6.45) is 0. The van der Waals surface area contributed by atoms with Gasteiger partial charge in [-0.3, -0.25) is 20.2 Å². The molecule has 0 heterocycles. The molecule has 10 nitrogen and oxygen atoms in total. The van der Waals surface area contributed by atoms with Gasteiger partial charge in [-0.25, -0.2) is 0 Å². The normalized spacial score (nSPS) is 10.4. The summed E-state index contributed by atoms with van der Waals surface area (Å²) in [7, 11) is 0. The summed E-state index contributed by atoms with van der Waals surface area (Å²) in [5.41, 5.74) is -3.13. The van der Waals surface area contributed by atoms with Crippen LogP contribution >= 0.6 is 0 Å². The predicted octanol–water partition coefficient (Wildman–Crippen LogP) is 1.99. The monoisotopic (exact) mass is 308 g/mol. The molecule has 0 unspecified atom stereocenters. The van der Waals surface area contributed by atoms with E-state index in [0.717, 1.165) is 24.3 Å². The first-order chi connectivity index (χ1) is 10.3. The Balaban J connectivity index is 2.99. The van der Waals surface area contributed by atoms with Gasteiger partial charge in [-0.1, -0.05) is 0 Å². The van der Waals surface area contributed by atoms with E-state index in [9.17, 15) is 40.7 Å². The van der Waals surface area contributed by atoms with Gasteiger partial charge in [0, 0.05) is 12.1 Å². The van der Waals surface area contributed by atoms with E-state index in [4.69, 9.17) is 0 Å². The van der Waals surface area contributed by atoms with Crippen molar-refractivity contribution in [2.75, 3.05) is 0 Å². The number of phenolic OH excluding ortho intramolecular Hbond substituents is 4. The molecule has 0 aliphatic carbocycles. The standard InChI is InChI=1S/C12H8N2O8/c15-7-3-1-5(13(19)20)9(11(7)17)10-6(14(21)22)2-4-8(16)12(10)18/h1-4,15-18H. The Labute approximate surface area is 121 Å². The maximum absolute atomic E-state index is 11.0. The predicted molar refractivity (Wildman–Crippen MR) is 71.8 cm³/mol. The van der Waals surface area contributed by atoms with Gasteiger partial charge in [0.25, 0.3) is 11.4 Å². The van der Waals surface area contributed by atoms with Crippen molar-refractivity contribution in [1.82, 2.24) is 0 Å². The Kier molecular flexibility index (Phi) is 3.43. The zero-order valence-corrected chi connectivity index (χ0v) is 10.6. The second-order valence-electron chi connectivity index (χ2n) is 4.17. The van der Waals surface area contributed by atoms with E-state index in [1.807, 2.05) is 0 Å². The molecule has 0 aromatic heterocycles. The van der Waals surface area contributed by atoms with Crippen LogP contribution in [0.4, 0.5) is 11.4 Å². The van der Waals surface area contributed by atoms with Crippen LogP contribution in [0.25, 0.3) is 11.1 Å². The first-order valence-corrected chi connectivity index (χ1v) is 5.64. The van der Waals surface area contributed by atoms with Crippen molar-refractivity contribution in [2.45, 2.75) is 0 Å². The molecule has 2 aromatic carbocycles. The summed E-state index contributed by atoms with van der Waals surface area (Å²) in [6, 6.07) is 3.25. The molecule has 114 valence electrons. The molecular weight excluding hydrogens is 300 g/mol. The SMILES string of the molecule is O=[N+]([O-])c1ccc(O)c(O)c1-c1c([N+](=O)[O-])ccc(O)c1O. The van der Waals surface area contributed by atoms with Gasteiger partial charge in [0.1, 0.15) is 11.1 Å². The maximum atomic E-state index is 11.0. The molecule has 0 aliphatic heterocycles. The van der Waals surface area contributed by atoms with Crippen LogP contribution in [0.3, 0.4) is 0 Å². The summed E-state index contributed by atoms with van der Waals surface area (Å²) in [6.45, 7) is 0. The van der Waals surface area contributed by atoms with Crippen molar-refractivity contribution in [3.05, 3.63) is 44.5 Å². The Bertz CT molecular complexity index is 735. The number of benzene rings is 2. The van der Waals surface area contributed by atoms with Crippen LogP contribution in [0.1, 0.15) is 0 Å². The van der Waals surface area contributed by atoms with Gasteiger partial charge >= 0.3 is 0 Å². The van der Waals surface area contributed by atoms with Crippen LogP contribution in [-0.4, -0.2) is 30.3 Å². The smallest absolute Gasteiger partial charge is 0.281 e. The minimum absolute atomic E-state index is 0.773. The van der Waals surface area contributed by atoms with Crippen molar-refractivity contribution < 1.29 is 30.3 Å². The lowest BCUT2D eigenvalue weighted by Crippen LogP contribution is -1.97. The number of aromatic hydroxyl groups is 4. The second kappa shape index (κ2) is 5.09. The van der Waals surface area contributed by atoms with Crippen molar-refractivity contribution >= 4 is 11.4 Å². The third kappa shape index (κ3) is 2.18. The number of nitro benzene ring substituents is 2. The first-order valence-electron chi connectivity index (χ1n) is 5.64. The van der Waals surface area contributed by atoms with Gasteiger partial charge in [0.2, 0.25) is 0 Å². The molecule has 0 saturated carbocycles. The quantitative estimate of drug-likeness (QED) is 0.379. The summed E-state index contributed by atoms with van der Waals surface area (Å²) in [5, 5.41) is 60.7. The molecular formula is C12H8N2O8. The molecule has 22 heavy (non-hydrogen) atoms. The fourth-order valence-corrected chi connectivity index (χ4v) is 1.94. The zero-order valence-electron chi connectivity index (χ0n) is 10.6. The molecule has 0 aliphatic rings. The average Bonchev–Trinajstić information content (AvgIpc) is 2.44. The van der Waals surface area contributed by atoms with E-state index < -0.39 is 55.3 Å². The number of hydrogen-bond donors (Lipinski definition) is 4. The maximum Gasteiger partial charge on any atom is 0.281 e. The lowest BCUT2D eigenvalue weighted by Gasteiger charge is -2.10. The highest BCUT2D eigenvalue weighted by atomic mass is 16.6. The van der Waals surface area contributed by atoms with Crippen molar-refractivity contribution in [3.63, 3.8) is 0 Å². The van der Waals surface area contributed by atoms with Crippen LogP contribution in [0.5, 0.6) is 23.0 Å². The van der Waals surface area contributed by atoms with Crippen molar-refractivity contribution in [2.24, 2.45) is 0 Å². The lowest BCUT2D eigenvalue weighted by molar-refractivity contribution is -0.386. The fourth-order valence-electron chi connectivity index (χ4n) is 1.94. The molecule has 2 aromatic rings. The number of hydrogen-bond acceptors (Lipinski definition) is 8. The van der Waals surface area contributed by atoms with Gasteiger partial charge in [-0.15, -0.1) is 0 Å². The molecule has 0 atom stereocenters. The molecule has 0 saturated heterocycles. The van der Waals surface area contributed by atoms with E-state index in [-0.39, 0.29) is 0 Å². The Morgan fingerprint density at radius 3 is 1.27 bits per heavy atom. The van der Waals surface area contributed by atoms with E-state index in [1.54, 1.807) is 0 Å². The molecule has 0 fully saturated rings. The third-order valence-corrected chi connectivity index (χ3v) is 2.91. The number of rotatable bonds is 3. The summed E-state index contributed by atoms with van der Waals surface area (Å²) < 4.78 is 0. The minimum Gasteiger partial charge on any atom is -0.504 e. The van der Waals surface area contributed by atoms with E-state index in [1.165, 1.54) is 0 Å². The van der Waals surface area contributed by atoms with Crippen molar-refractivity contribution in [3.8, 4) is 34.1 Å². The highest BCUT2D eigenvalue weighted by Crippen LogP contribution is 2.51. The largest absolute Gasteiger partial charge is 0.504 e. The topological polar surface area (TPSA) is 167 Å². The zero-order chi connectivity index (χ0) is 16.6. The van der Waals surface area contributed by atoms with Gasteiger partial charge in [-0.2, -0.15) is 0 Å². The van der Waals surface area contributed by atoms with Crippen molar-refractivity contribution in [1.29, 1.82) is 0 Å². The van der Waals surface area contributed by atoms with Crippen LogP contribution in [0.15, 0.2) is 24.3 Å². The average molecular weight is 308 g/mol. The molecule has 4 N–H and O–H groups in total. The Morgan fingerprint density at radius 2 is 1.00 bits per heavy atom. The molecule has 0 amide bonds. The highest BCUT2D eigenvalue weighted by molar-refractivity contribution is 5.91. The Morgan fingerprint density at radius 1 is 0.682 bits per heavy atom. The number of nitrogens with zero attached hydrogens (tertiary/aromatic N) is 2. The molecule has 0 radical (unpaired) electrons. The van der Waals surface area contributed by atoms with Gasteiger partial charge in [0.05, 0.1) is 9.85 Å². The number of phenols is 4. The summed E-state index contributed by atoms with van der Waals surface area (Å²) in [5.74, 6) is -3.62. The lowest BCUT2D eigenvalue weighted by atomic mass is 9.98. The summed E-state index contributed by atoms with van der Waals surface area (Å²) >= 11 is 0. The first kappa shape index (κ1) is 14.8. The van der Waals surface area contributed by atoms with Gasteiger partial charge in [-0.05, 0) is 12.1 Å². The Hall–Kier alpha value is -3.56. The van der Waals surface area contributed by atoms with Crippen LogP contribution in [0, 0.1) is 20.2 Å². The van der Waals surface area contributed by atoms with Gasteiger partial charge < -0.3 is 20.4 Å². The fraction of sp³-hybridized carbons (Fsp3) is 0. The third-order valence-electron chi connectivity index (χ3n) is 2.91. The summed E-state index contributed by atoms with van der Waals surface area (Å²) in [4.78, 5) is 20.2. The number of nitro groups is 2. The van der Waals surface area contributed by atoms with Crippen LogP contribution in [-0.2, 0) is 0 Å². The van der Waals surface area contributed by atoms with Crippen LogP contribution in [0.2, 0.25) is 0 Å². The highest BCUT2D eigenvalue weighted by Gasteiger charge is 2.32. The second-order valence-corrected chi connectivity index (χ2v) is 4.17.